The molecule has 0 saturated carbocycles. The first-order valence-corrected chi connectivity index (χ1v) is 9.51. The number of anilines is 1. The van der Waals surface area contributed by atoms with Crippen LogP contribution >= 0.6 is 0 Å². The molecule has 35 heavy (non-hydrogen) atoms. The van der Waals surface area contributed by atoms with Crippen molar-refractivity contribution < 1.29 is 40.8 Å². The quantitative estimate of drug-likeness (QED) is 0.260. The molecule has 8 nitrogen and oxygen atoms in total. The van der Waals surface area contributed by atoms with Crippen LogP contribution in [0.5, 0.6) is 5.75 Å². The molecule has 0 atom stereocenters. The predicted molar refractivity (Wildman–Crippen MR) is 109 cm³/mol. The van der Waals surface area contributed by atoms with Crippen LogP contribution in [0.25, 0.3) is 0 Å². The SMILES string of the molecule is COc1ccc([N+](=O)[O-])c(C(=O)N(Cc2cc(C(F)(F)F)cc(C(F)(F)F)c2)c2ncccn2)c1. The molecule has 184 valence electrons. The Morgan fingerprint density at radius 3 is 2.06 bits per heavy atom. The third-order valence-corrected chi connectivity index (χ3v) is 4.66. The van der Waals surface area contributed by atoms with Crippen molar-refractivity contribution in [2.24, 2.45) is 0 Å². The van der Waals surface area contributed by atoms with Crippen LogP contribution in [0.15, 0.2) is 54.9 Å². The Bertz CT molecular complexity index is 1220. The topological polar surface area (TPSA) is 98.5 Å². The number of aromatic nitrogens is 2. The van der Waals surface area contributed by atoms with E-state index in [1.54, 1.807) is 0 Å². The van der Waals surface area contributed by atoms with E-state index in [4.69, 9.17) is 4.74 Å². The van der Waals surface area contributed by atoms with Crippen LogP contribution in [0.2, 0.25) is 0 Å². The lowest BCUT2D eigenvalue weighted by Crippen LogP contribution is -2.32. The van der Waals surface area contributed by atoms with Gasteiger partial charge in [-0.2, -0.15) is 26.3 Å². The second kappa shape index (κ2) is 9.56. The fourth-order valence-corrected chi connectivity index (χ4v) is 3.08. The standard InChI is InChI=1S/C21H14F6N4O4/c1-35-15-3-4-17(31(33)34)16(10-15)18(32)30(19-28-5-2-6-29-19)11-12-7-13(20(22,23)24)9-14(8-12)21(25,26)27/h2-10H,11H2,1H3. The van der Waals surface area contributed by atoms with E-state index in [1.807, 2.05) is 0 Å². The first kappa shape index (κ1) is 25.4. The zero-order valence-electron chi connectivity index (χ0n) is 17.6. The number of nitro benzene ring substituents is 1. The number of hydrogen-bond donors (Lipinski definition) is 0. The fourth-order valence-electron chi connectivity index (χ4n) is 3.08. The van der Waals surface area contributed by atoms with Gasteiger partial charge in [0.15, 0.2) is 0 Å². The minimum atomic E-state index is -5.11. The number of methoxy groups -OCH3 is 1. The largest absolute Gasteiger partial charge is 0.497 e. The Morgan fingerprint density at radius 1 is 1.00 bits per heavy atom. The smallest absolute Gasteiger partial charge is 0.416 e. The van der Waals surface area contributed by atoms with Gasteiger partial charge in [-0.3, -0.25) is 19.8 Å². The average Bonchev–Trinajstić information content (AvgIpc) is 2.80. The summed E-state index contributed by atoms with van der Waals surface area (Å²) >= 11 is 0. The van der Waals surface area contributed by atoms with E-state index in [2.05, 4.69) is 9.97 Å². The molecule has 0 spiro atoms. The van der Waals surface area contributed by atoms with Gasteiger partial charge in [-0.05, 0) is 42.0 Å². The van der Waals surface area contributed by atoms with Crippen molar-refractivity contribution >= 4 is 17.5 Å². The second-order valence-corrected chi connectivity index (χ2v) is 6.99. The molecule has 0 N–H and O–H groups in total. The monoisotopic (exact) mass is 500 g/mol. The van der Waals surface area contributed by atoms with E-state index in [9.17, 15) is 41.3 Å². The maximum Gasteiger partial charge on any atom is 0.416 e. The highest BCUT2D eigenvalue weighted by Crippen LogP contribution is 2.37. The van der Waals surface area contributed by atoms with Gasteiger partial charge < -0.3 is 4.74 Å². The molecule has 0 aliphatic carbocycles. The molecule has 14 heteroatoms. The van der Waals surface area contributed by atoms with E-state index in [1.165, 1.54) is 31.6 Å². The lowest BCUT2D eigenvalue weighted by molar-refractivity contribution is -0.385. The number of nitrogens with zero attached hydrogens (tertiary/aromatic N) is 4. The normalized spacial score (nSPS) is 11.7. The van der Waals surface area contributed by atoms with Crippen LogP contribution in [0.1, 0.15) is 27.0 Å². The van der Waals surface area contributed by atoms with Crippen LogP contribution in [0.4, 0.5) is 38.0 Å². The van der Waals surface area contributed by atoms with Crippen molar-refractivity contribution in [3.8, 4) is 5.75 Å². The molecule has 0 aliphatic rings. The molecule has 1 aromatic heterocycles. The molecule has 0 aliphatic heterocycles. The van der Waals surface area contributed by atoms with Gasteiger partial charge in [-0.25, -0.2) is 9.97 Å². The number of carbonyl (C=O) groups is 1. The molecule has 0 fully saturated rings. The van der Waals surface area contributed by atoms with Gasteiger partial charge in [-0.15, -0.1) is 0 Å². The third-order valence-electron chi connectivity index (χ3n) is 4.66. The van der Waals surface area contributed by atoms with Crippen molar-refractivity contribution in [1.29, 1.82) is 0 Å². The molecule has 1 amide bonds. The van der Waals surface area contributed by atoms with Gasteiger partial charge in [0.2, 0.25) is 5.95 Å². The van der Waals surface area contributed by atoms with Gasteiger partial charge >= 0.3 is 12.4 Å². The molecular formula is C21H14F6N4O4. The zero-order chi connectivity index (χ0) is 26.0. The average molecular weight is 500 g/mol. The summed E-state index contributed by atoms with van der Waals surface area (Å²) in [5.74, 6) is -1.50. The van der Waals surface area contributed by atoms with Crippen molar-refractivity contribution in [1.82, 2.24) is 9.97 Å². The van der Waals surface area contributed by atoms with Gasteiger partial charge in [0.25, 0.3) is 11.6 Å². The summed E-state index contributed by atoms with van der Waals surface area (Å²) in [7, 11) is 1.23. The molecule has 0 radical (unpaired) electrons. The molecule has 0 saturated heterocycles. The second-order valence-electron chi connectivity index (χ2n) is 6.99. The lowest BCUT2D eigenvalue weighted by atomic mass is 10.0. The summed E-state index contributed by atoms with van der Waals surface area (Å²) in [6.07, 6.45) is -7.87. The van der Waals surface area contributed by atoms with Crippen LogP contribution < -0.4 is 9.64 Å². The molecule has 0 unspecified atom stereocenters. The van der Waals surface area contributed by atoms with Gasteiger partial charge in [-0.1, -0.05) is 0 Å². The summed E-state index contributed by atoms with van der Waals surface area (Å²) in [5, 5.41) is 11.5. The number of hydrogen-bond acceptors (Lipinski definition) is 6. The number of carbonyl (C=O) groups excluding carboxylic acids is 1. The Balaban J connectivity index is 2.17. The summed E-state index contributed by atoms with van der Waals surface area (Å²) in [5.41, 5.74) is -4.94. The lowest BCUT2D eigenvalue weighted by Gasteiger charge is -2.22. The first-order valence-electron chi connectivity index (χ1n) is 9.51. The van der Waals surface area contributed by atoms with Crippen LogP contribution in [-0.4, -0.2) is 27.9 Å². The third kappa shape index (κ3) is 5.83. The molecule has 3 rings (SSSR count). The Morgan fingerprint density at radius 2 is 1.57 bits per heavy atom. The van der Waals surface area contributed by atoms with Crippen LogP contribution in [0.3, 0.4) is 0 Å². The van der Waals surface area contributed by atoms with Crippen molar-refractivity contribution in [3.63, 3.8) is 0 Å². The Hall–Kier alpha value is -4.23. The molecule has 0 bridgehead atoms. The summed E-state index contributed by atoms with van der Waals surface area (Å²) in [4.78, 5) is 32.2. The molecule has 1 heterocycles. The molecule has 2 aromatic carbocycles. The number of benzene rings is 2. The Kier molecular flexibility index (Phi) is 6.94. The van der Waals surface area contributed by atoms with Crippen molar-refractivity contribution in [3.05, 3.63) is 87.2 Å². The minimum Gasteiger partial charge on any atom is -0.497 e. The predicted octanol–water partition coefficient (Wildman–Crippen LogP) is 5.28. The van der Waals surface area contributed by atoms with Crippen molar-refractivity contribution in [2.45, 2.75) is 18.9 Å². The zero-order valence-corrected chi connectivity index (χ0v) is 17.6. The van der Waals surface area contributed by atoms with E-state index in [0.29, 0.717) is 17.0 Å². The number of alkyl halides is 6. The summed E-state index contributed by atoms with van der Waals surface area (Å²) in [6, 6.07) is 5.39. The highest BCUT2D eigenvalue weighted by molar-refractivity contribution is 6.08. The maximum atomic E-state index is 13.3. The maximum absolute atomic E-state index is 13.3. The van der Waals surface area contributed by atoms with Crippen molar-refractivity contribution in [2.75, 3.05) is 12.0 Å². The molecular weight excluding hydrogens is 486 g/mol. The number of halogens is 6. The Labute approximate surface area is 192 Å². The summed E-state index contributed by atoms with van der Waals surface area (Å²) in [6.45, 7) is -0.857. The van der Waals surface area contributed by atoms with E-state index >= 15 is 0 Å². The van der Waals surface area contributed by atoms with E-state index in [-0.39, 0.29) is 11.8 Å². The van der Waals surface area contributed by atoms with Gasteiger partial charge in [0.05, 0.1) is 29.7 Å². The number of ether oxygens (including phenoxy) is 1. The highest BCUT2D eigenvalue weighted by Gasteiger charge is 2.37. The number of rotatable bonds is 6. The van der Waals surface area contributed by atoms with Gasteiger partial charge in [0, 0.05) is 18.5 Å². The highest BCUT2D eigenvalue weighted by atomic mass is 19.4. The number of nitro groups is 1. The molecule has 3 aromatic rings. The summed E-state index contributed by atoms with van der Waals surface area (Å²) < 4.78 is 84.7. The van der Waals surface area contributed by atoms with E-state index in [0.717, 1.165) is 12.1 Å². The number of amides is 1. The van der Waals surface area contributed by atoms with Gasteiger partial charge in [0.1, 0.15) is 11.3 Å². The minimum absolute atomic E-state index is 0.0475. The van der Waals surface area contributed by atoms with E-state index < -0.39 is 63.6 Å². The first-order chi connectivity index (χ1) is 16.3. The fraction of sp³-hybridized carbons (Fsp3) is 0.190. The van der Waals surface area contributed by atoms with Crippen LogP contribution in [0, 0.1) is 10.1 Å². The van der Waals surface area contributed by atoms with Crippen LogP contribution in [-0.2, 0) is 18.9 Å².